The molecule has 0 fully saturated rings. The van der Waals surface area contributed by atoms with E-state index in [9.17, 15) is 9.59 Å². The minimum absolute atomic E-state index is 0.177. The van der Waals surface area contributed by atoms with E-state index >= 15 is 0 Å². The lowest BCUT2D eigenvalue weighted by molar-refractivity contribution is -0.143. The lowest BCUT2D eigenvalue weighted by atomic mass is 9.87. The maximum Gasteiger partial charge on any atom is 0.305 e. The summed E-state index contributed by atoms with van der Waals surface area (Å²) in [4.78, 5) is 28.7. The Hall–Kier alpha value is -2.88. The van der Waals surface area contributed by atoms with E-state index in [-0.39, 0.29) is 11.8 Å². The van der Waals surface area contributed by atoms with Crippen molar-refractivity contribution in [2.24, 2.45) is 5.92 Å². The van der Waals surface area contributed by atoms with E-state index in [0.29, 0.717) is 44.1 Å². The first-order chi connectivity index (χ1) is 18.4. The van der Waals surface area contributed by atoms with Gasteiger partial charge in [0, 0.05) is 35.0 Å². The van der Waals surface area contributed by atoms with Crippen molar-refractivity contribution in [1.29, 1.82) is 0 Å². The van der Waals surface area contributed by atoms with Crippen LogP contribution in [0.25, 0.3) is 10.9 Å². The van der Waals surface area contributed by atoms with Crippen LogP contribution in [-0.4, -0.2) is 23.3 Å². The number of aromatic nitrogens is 1. The predicted octanol–water partition coefficient (Wildman–Crippen LogP) is 8.97. The van der Waals surface area contributed by atoms with E-state index in [1.54, 1.807) is 0 Å². The van der Waals surface area contributed by atoms with Crippen molar-refractivity contribution < 1.29 is 14.3 Å². The first-order valence-electron chi connectivity index (χ1n) is 14.8. The number of ketones is 1. The quantitative estimate of drug-likeness (QED) is 0.110. The highest BCUT2D eigenvalue weighted by atomic mass is 16.5. The van der Waals surface area contributed by atoms with Crippen LogP contribution in [0.5, 0.6) is 0 Å². The molecule has 1 N–H and O–H groups in total. The maximum atomic E-state index is 13.4. The van der Waals surface area contributed by atoms with Gasteiger partial charge in [-0.1, -0.05) is 82.5 Å². The van der Waals surface area contributed by atoms with Crippen LogP contribution in [0.1, 0.15) is 119 Å². The zero-order chi connectivity index (χ0) is 27.3. The summed E-state index contributed by atoms with van der Waals surface area (Å²) in [5.74, 6) is 1.26. The molecule has 3 rings (SSSR count). The lowest BCUT2D eigenvalue weighted by Crippen LogP contribution is -2.06. The summed E-state index contributed by atoms with van der Waals surface area (Å²) in [6.07, 6.45) is 10.1. The van der Waals surface area contributed by atoms with Gasteiger partial charge in [0.05, 0.1) is 6.61 Å². The van der Waals surface area contributed by atoms with Crippen LogP contribution < -0.4 is 0 Å². The minimum atomic E-state index is -0.177. The average molecular weight is 518 g/mol. The Morgan fingerprint density at radius 1 is 0.868 bits per heavy atom. The van der Waals surface area contributed by atoms with Gasteiger partial charge in [-0.3, -0.25) is 9.59 Å². The second-order valence-corrected chi connectivity index (χ2v) is 11.0. The summed E-state index contributed by atoms with van der Waals surface area (Å²) in [6, 6.07) is 17.3. The van der Waals surface area contributed by atoms with Crippen molar-refractivity contribution in [1.82, 2.24) is 4.98 Å². The Morgan fingerprint density at radius 2 is 1.61 bits per heavy atom. The largest absolute Gasteiger partial charge is 0.466 e. The number of unbranched alkanes of at least 4 members (excludes halogenated alkanes) is 2. The Balaban J connectivity index is 1.60. The number of carbonyl (C=O) groups excluding carboxylic acids is 2. The number of nitrogens with one attached hydrogen (secondary N) is 1. The molecular weight excluding hydrogens is 470 g/mol. The fourth-order valence-electron chi connectivity index (χ4n) is 5.47. The fourth-order valence-corrected chi connectivity index (χ4v) is 5.47. The predicted molar refractivity (Wildman–Crippen MR) is 158 cm³/mol. The standard InChI is InChI=1S/C34H47NO3/c1-5-7-13-27(28-22-20-26(21-23-28)24-25(3)4)14-8-11-18-32(36)34-29-15-9-10-16-30(29)35-31(34)17-12-19-33(37)38-6-2/h9-10,15-16,20-23,25,27,35H,5-8,11-14,17-19,24H2,1-4H3. The molecule has 0 bridgehead atoms. The van der Waals surface area contributed by atoms with Gasteiger partial charge in [-0.15, -0.1) is 0 Å². The first kappa shape index (κ1) is 29.7. The van der Waals surface area contributed by atoms with Crippen LogP contribution in [0.15, 0.2) is 48.5 Å². The number of para-hydroxylation sites is 1. The van der Waals surface area contributed by atoms with Crippen LogP contribution in [0.3, 0.4) is 0 Å². The number of esters is 1. The SMILES string of the molecule is CCCCC(CCCCC(=O)c1c(CCCC(=O)OCC)[nH]c2ccccc12)c1ccc(CC(C)C)cc1. The van der Waals surface area contributed by atoms with E-state index in [2.05, 4.69) is 50.0 Å². The number of H-pyrrole nitrogens is 1. The normalized spacial score (nSPS) is 12.2. The second-order valence-electron chi connectivity index (χ2n) is 11.0. The van der Waals surface area contributed by atoms with Crippen molar-refractivity contribution in [3.8, 4) is 0 Å². The molecule has 1 heterocycles. The third-order valence-corrected chi connectivity index (χ3v) is 7.38. The molecule has 4 heteroatoms. The number of Topliss-reactive ketones (excluding diaryl/α,β-unsaturated/α-hetero) is 1. The van der Waals surface area contributed by atoms with Gasteiger partial charge in [0.25, 0.3) is 0 Å². The Kier molecular flexibility index (Phi) is 12.1. The van der Waals surface area contributed by atoms with Crippen molar-refractivity contribution >= 4 is 22.7 Å². The number of aromatic amines is 1. The maximum absolute atomic E-state index is 13.4. The molecule has 1 unspecified atom stereocenters. The van der Waals surface area contributed by atoms with Crippen LogP contribution >= 0.6 is 0 Å². The number of hydrogen-bond acceptors (Lipinski definition) is 3. The average Bonchev–Trinajstić information content (AvgIpc) is 3.27. The molecule has 4 nitrogen and oxygen atoms in total. The van der Waals surface area contributed by atoms with Gasteiger partial charge in [-0.05, 0) is 74.5 Å². The number of ether oxygens (including phenoxy) is 1. The van der Waals surface area contributed by atoms with Gasteiger partial charge < -0.3 is 9.72 Å². The van der Waals surface area contributed by atoms with Gasteiger partial charge in [0.15, 0.2) is 5.78 Å². The van der Waals surface area contributed by atoms with Gasteiger partial charge in [-0.2, -0.15) is 0 Å². The molecule has 0 spiro atoms. The lowest BCUT2D eigenvalue weighted by Gasteiger charge is -2.18. The van der Waals surface area contributed by atoms with Crippen molar-refractivity contribution in [3.05, 3.63) is 70.9 Å². The Morgan fingerprint density at radius 3 is 2.32 bits per heavy atom. The van der Waals surface area contributed by atoms with E-state index in [1.165, 1.54) is 30.4 Å². The van der Waals surface area contributed by atoms with Crippen molar-refractivity contribution in [2.75, 3.05) is 6.61 Å². The molecule has 0 radical (unpaired) electrons. The topological polar surface area (TPSA) is 59.2 Å². The molecular formula is C34H47NO3. The van der Waals surface area contributed by atoms with Crippen LogP contribution in [-0.2, 0) is 22.4 Å². The molecule has 38 heavy (non-hydrogen) atoms. The Bertz CT molecular complexity index is 1140. The number of fused-ring (bicyclic) bond motifs is 1. The molecule has 0 aliphatic carbocycles. The number of carbonyl (C=O) groups is 2. The number of rotatable bonds is 17. The smallest absolute Gasteiger partial charge is 0.305 e. The van der Waals surface area contributed by atoms with Gasteiger partial charge >= 0.3 is 5.97 Å². The van der Waals surface area contributed by atoms with Gasteiger partial charge in [0.2, 0.25) is 0 Å². The highest BCUT2D eigenvalue weighted by Gasteiger charge is 2.19. The minimum Gasteiger partial charge on any atom is -0.466 e. The molecule has 0 saturated carbocycles. The van der Waals surface area contributed by atoms with Crippen LogP contribution in [0.4, 0.5) is 0 Å². The molecule has 1 aromatic heterocycles. The molecule has 1 atom stereocenters. The van der Waals surface area contributed by atoms with E-state index in [1.807, 2.05) is 31.2 Å². The molecule has 0 saturated heterocycles. The van der Waals surface area contributed by atoms with E-state index in [4.69, 9.17) is 4.74 Å². The van der Waals surface area contributed by atoms with Gasteiger partial charge in [-0.25, -0.2) is 0 Å². The number of aryl methyl sites for hydroxylation is 1. The van der Waals surface area contributed by atoms with Crippen LogP contribution in [0.2, 0.25) is 0 Å². The first-order valence-corrected chi connectivity index (χ1v) is 14.8. The van der Waals surface area contributed by atoms with Crippen molar-refractivity contribution in [2.45, 2.75) is 104 Å². The second kappa shape index (κ2) is 15.5. The molecule has 0 amide bonds. The summed E-state index contributed by atoms with van der Waals surface area (Å²) in [6.45, 7) is 9.01. The molecule has 2 aromatic carbocycles. The van der Waals surface area contributed by atoms with E-state index < -0.39 is 0 Å². The molecule has 0 aliphatic rings. The summed E-state index contributed by atoms with van der Waals surface area (Å²) < 4.78 is 5.06. The summed E-state index contributed by atoms with van der Waals surface area (Å²) >= 11 is 0. The van der Waals surface area contributed by atoms with Crippen molar-refractivity contribution in [3.63, 3.8) is 0 Å². The summed E-state index contributed by atoms with van der Waals surface area (Å²) in [5.41, 5.74) is 5.61. The zero-order valence-electron chi connectivity index (χ0n) is 24.0. The number of benzene rings is 2. The monoisotopic (exact) mass is 517 g/mol. The molecule has 0 aliphatic heterocycles. The fraction of sp³-hybridized carbons (Fsp3) is 0.529. The third kappa shape index (κ3) is 8.85. The third-order valence-electron chi connectivity index (χ3n) is 7.38. The van der Waals surface area contributed by atoms with E-state index in [0.717, 1.165) is 47.8 Å². The van der Waals surface area contributed by atoms with Crippen LogP contribution in [0, 0.1) is 5.92 Å². The Labute approximate surface area is 229 Å². The highest BCUT2D eigenvalue weighted by molar-refractivity contribution is 6.09. The number of hydrogen-bond donors (Lipinski definition) is 1. The molecule has 206 valence electrons. The highest BCUT2D eigenvalue weighted by Crippen LogP contribution is 2.30. The summed E-state index contributed by atoms with van der Waals surface area (Å²) in [5, 5.41) is 0.992. The summed E-state index contributed by atoms with van der Waals surface area (Å²) in [7, 11) is 0. The zero-order valence-corrected chi connectivity index (χ0v) is 24.0. The van der Waals surface area contributed by atoms with Gasteiger partial charge in [0.1, 0.15) is 0 Å². The molecule has 3 aromatic rings.